The molecule has 0 bridgehead atoms. The highest BCUT2D eigenvalue weighted by molar-refractivity contribution is 6.00. The summed E-state index contributed by atoms with van der Waals surface area (Å²) >= 11 is 0. The van der Waals surface area contributed by atoms with Crippen LogP contribution in [-0.4, -0.2) is 26.2 Å². The van der Waals surface area contributed by atoms with Crippen molar-refractivity contribution in [2.45, 2.75) is 27.7 Å². The highest BCUT2D eigenvalue weighted by Gasteiger charge is 2.06. The molecule has 0 saturated heterocycles. The van der Waals surface area contributed by atoms with Gasteiger partial charge < -0.3 is 9.80 Å². The number of hydrogen-bond acceptors (Lipinski definition) is 2. The summed E-state index contributed by atoms with van der Waals surface area (Å²) < 4.78 is 0. The average molecular weight is 320 g/mol. The van der Waals surface area contributed by atoms with Gasteiger partial charge in [-0.2, -0.15) is 0 Å². The van der Waals surface area contributed by atoms with Crippen molar-refractivity contribution in [1.29, 1.82) is 0 Å². The Balaban J connectivity index is 2.08. The third-order valence-corrected chi connectivity index (χ3v) is 5.02. The first kappa shape index (κ1) is 16.6. The Morgan fingerprint density at radius 1 is 0.500 bits per heavy atom. The summed E-state index contributed by atoms with van der Waals surface area (Å²) in [6.07, 6.45) is 0. The molecule has 3 aromatic rings. The van der Waals surface area contributed by atoms with Gasteiger partial charge in [-0.1, -0.05) is 12.1 Å². The van der Waals surface area contributed by atoms with E-state index in [1.807, 2.05) is 0 Å². The second-order valence-corrected chi connectivity index (χ2v) is 6.26. The molecule has 0 spiro atoms. The number of nitrogens with zero attached hydrogens (tertiary/aromatic N) is 2. The summed E-state index contributed by atoms with van der Waals surface area (Å²) in [6.45, 7) is 13.0. The molecule has 24 heavy (non-hydrogen) atoms. The molecule has 0 fully saturated rings. The standard InChI is InChI=1S/C22H28N2/c1-5-23(6-2)21-11-9-17-14-20-16-22(24(7-3)8-4)12-10-18(20)13-19(17)15-21/h9-16H,5-8H2,1-4H3. The maximum Gasteiger partial charge on any atom is 0.0372 e. The molecule has 0 saturated carbocycles. The number of fused-ring (bicyclic) bond motifs is 2. The van der Waals surface area contributed by atoms with E-state index >= 15 is 0 Å². The van der Waals surface area contributed by atoms with Crippen molar-refractivity contribution < 1.29 is 0 Å². The summed E-state index contributed by atoms with van der Waals surface area (Å²) in [5, 5.41) is 5.27. The van der Waals surface area contributed by atoms with E-state index < -0.39 is 0 Å². The first-order valence-electron chi connectivity index (χ1n) is 9.17. The van der Waals surface area contributed by atoms with Crippen LogP contribution in [0.3, 0.4) is 0 Å². The predicted octanol–water partition coefficient (Wildman–Crippen LogP) is 5.69. The van der Waals surface area contributed by atoms with E-state index in [2.05, 4.69) is 86.0 Å². The largest absolute Gasteiger partial charge is 0.372 e. The SMILES string of the molecule is CCN(CC)c1ccc2cc3cc(N(CC)CC)ccc3cc2c1. The van der Waals surface area contributed by atoms with Crippen LogP contribution in [0.2, 0.25) is 0 Å². The zero-order valence-corrected chi connectivity index (χ0v) is 15.3. The molecule has 0 unspecified atom stereocenters. The van der Waals surface area contributed by atoms with Crippen LogP contribution >= 0.6 is 0 Å². The molecule has 0 N–H and O–H groups in total. The Morgan fingerprint density at radius 2 is 0.875 bits per heavy atom. The summed E-state index contributed by atoms with van der Waals surface area (Å²) in [5.74, 6) is 0. The molecule has 0 heterocycles. The fourth-order valence-corrected chi connectivity index (χ4v) is 3.54. The molecule has 3 rings (SSSR count). The molecule has 2 heteroatoms. The van der Waals surface area contributed by atoms with E-state index in [9.17, 15) is 0 Å². The van der Waals surface area contributed by atoms with E-state index in [1.54, 1.807) is 0 Å². The molecule has 0 radical (unpaired) electrons. The second-order valence-electron chi connectivity index (χ2n) is 6.26. The molecule has 0 aliphatic rings. The van der Waals surface area contributed by atoms with E-state index in [-0.39, 0.29) is 0 Å². The van der Waals surface area contributed by atoms with Crippen LogP contribution in [0.5, 0.6) is 0 Å². The van der Waals surface area contributed by atoms with Gasteiger partial charge >= 0.3 is 0 Å². The summed E-state index contributed by atoms with van der Waals surface area (Å²) in [6, 6.07) is 18.3. The number of rotatable bonds is 6. The minimum Gasteiger partial charge on any atom is -0.372 e. The van der Waals surface area contributed by atoms with Crippen molar-refractivity contribution in [1.82, 2.24) is 0 Å². The Bertz CT molecular complexity index is 758. The van der Waals surface area contributed by atoms with Crippen molar-refractivity contribution in [3.8, 4) is 0 Å². The predicted molar refractivity (Wildman–Crippen MR) is 109 cm³/mol. The van der Waals surface area contributed by atoms with Gasteiger partial charge in [-0.3, -0.25) is 0 Å². The van der Waals surface area contributed by atoms with Crippen LogP contribution in [0, 0.1) is 0 Å². The lowest BCUT2D eigenvalue weighted by atomic mass is 10.0. The zero-order valence-electron chi connectivity index (χ0n) is 15.3. The van der Waals surface area contributed by atoms with Gasteiger partial charge in [0, 0.05) is 37.6 Å². The van der Waals surface area contributed by atoms with Crippen molar-refractivity contribution in [3.05, 3.63) is 48.5 Å². The monoisotopic (exact) mass is 320 g/mol. The third kappa shape index (κ3) is 3.06. The third-order valence-electron chi connectivity index (χ3n) is 5.02. The van der Waals surface area contributed by atoms with Gasteiger partial charge in [-0.15, -0.1) is 0 Å². The van der Waals surface area contributed by atoms with Crippen LogP contribution in [0.4, 0.5) is 11.4 Å². The first-order valence-corrected chi connectivity index (χ1v) is 9.17. The highest BCUT2D eigenvalue weighted by Crippen LogP contribution is 2.29. The molecular formula is C22H28N2. The van der Waals surface area contributed by atoms with E-state index in [4.69, 9.17) is 0 Å². The minimum absolute atomic E-state index is 1.04. The highest BCUT2D eigenvalue weighted by atomic mass is 15.1. The van der Waals surface area contributed by atoms with E-state index in [0.717, 1.165) is 26.2 Å². The maximum absolute atomic E-state index is 2.40. The maximum atomic E-state index is 2.40. The molecule has 0 aromatic heterocycles. The van der Waals surface area contributed by atoms with Gasteiger partial charge in [0.25, 0.3) is 0 Å². The Hall–Kier alpha value is -2.22. The van der Waals surface area contributed by atoms with Crippen LogP contribution in [0.15, 0.2) is 48.5 Å². The quantitative estimate of drug-likeness (QED) is 0.539. The fraction of sp³-hybridized carbons (Fsp3) is 0.364. The van der Waals surface area contributed by atoms with E-state index in [0.29, 0.717) is 0 Å². The lowest BCUT2D eigenvalue weighted by Crippen LogP contribution is -2.21. The van der Waals surface area contributed by atoms with Crippen molar-refractivity contribution in [2.24, 2.45) is 0 Å². The summed E-state index contributed by atoms with van der Waals surface area (Å²) in [5.41, 5.74) is 2.62. The van der Waals surface area contributed by atoms with Crippen molar-refractivity contribution in [2.75, 3.05) is 36.0 Å². The minimum atomic E-state index is 1.04. The van der Waals surface area contributed by atoms with Crippen LogP contribution in [0.1, 0.15) is 27.7 Å². The normalized spacial score (nSPS) is 11.2. The topological polar surface area (TPSA) is 6.48 Å². The van der Waals surface area contributed by atoms with Gasteiger partial charge in [0.15, 0.2) is 0 Å². The molecule has 126 valence electrons. The van der Waals surface area contributed by atoms with Crippen LogP contribution < -0.4 is 9.80 Å². The smallest absolute Gasteiger partial charge is 0.0372 e. The van der Waals surface area contributed by atoms with Gasteiger partial charge in [-0.05, 0) is 85.6 Å². The number of hydrogen-bond donors (Lipinski definition) is 0. The Labute approximate surface area is 145 Å². The number of benzene rings is 3. The van der Waals surface area contributed by atoms with Crippen molar-refractivity contribution >= 4 is 32.9 Å². The Morgan fingerprint density at radius 3 is 1.21 bits per heavy atom. The van der Waals surface area contributed by atoms with Crippen molar-refractivity contribution in [3.63, 3.8) is 0 Å². The second kappa shape index (κ2) is 7.12. The molecule has 0 aliphatic heterocycles. The van der Waals surface area contributed by atoms with Crippen LogP contribution in [-0.2, 0) is 0 Å². The molecule has 0 atom stereocenters. The summed E-state index contributed by atoms with van der Waals surface area (Å²) in [4.78, 5) is 4.79. The van der Waals surface area contributed by atoms with Crippen LogP contribution in [0.25, 0.3) is 21.5 Å². The molecule has 2 nitrogen and oxygen atoms in total. The lowest BCUT2D eigenvalue weighted by Gasteiger charge is -2.22. The first-order chi connectivity index (χ1) is 11.7. The number of anilines is 2. The molecule has 0 aliphatic carbocycles. The molecule has 3 aromatic carbocycles. The average Bonchev–Trinajstić information content (AvgIpc) is 2.62. The lowest BCUT2D eigenvalue weighted by molar-refractivity contribution is 0.867. The van der Waals surface area contributed by atoms with Gasteiger partial charge in [0.2, 0.25) is 0 Å². The summed E-state index contributed by atoms with van der Waals surface area (Å²) in [7, 11) is 0. The zero-order chi connectivity index (χ0) is 17.1. The molecule has 0 amide bonds. The van der Waals surface area contributed by atoms with Gasteiger partial charge in [0.05, 0.1) is 0 Å². The van der Waals surface area contributed by atoms with E-state index in [1.165, 1.54) is 32.9 Å². The van der Waals surface area contributed by atoms with Gasteiger partial charge in [0.1, 0.15) is 0 Å². The molecular weight excluding hydrogens is 292 g/mol. The fourth-order valence-electron chi connectivity index (χ4n) is 3.54. The Kier molecular flexibility index (Phi) is 4.94. The van der Waals surface area contributed by atoms with Gasteiger partial charge in [-0.25, -0.2) is 0 Å².